The molecule has 5 aromatic rings. The van der Waals surface area contributed by atoms with E-state index in [1.165, 1.54) is 115 Å². The van der Waals surface area contributed by atoms with E-state index < -0.39 is 0 Å². The zero-order valence-electron chi connectivity index (χ0n) is 30.5. The average molecular weight is 666 g/mol. The second-order valence-corrected chi connectivity index (χ2v) is 18.4. The van der Waals surface area contributed by atoms with E-state index in [0.29, 0.717) is 5.41 Å². The lowest BCUT2D eigenvalue weighted by Crippen LogP contribution is -2.48. The third-order valence-corrected chi connectivity index (χ3v) is 15.1. The van der Waals surface area contributed by atoms with Crippen molar-refractivity contribution in [2.24, 2.45) is 29.6 Å². The Kier molecular flexibility index (Phi) is 6.70. The summed E-state index contributed by atoms with van der Waals surface area (Å²) in [6.07, 6.45) is 14.5. The summed E-state index contributed by atoms with van der Waals surface area (Å²) < 4.78 is 0. The molecule has 3 atom stereocenters. The van der Waals surface area contributed by atoms with Gasteiger partial charge in [-0.05, 0) is 180 Å². The van der Waals surface area contributed by atoms with Crippen LogP contribution in [0.5, 0.6) is 0 Å². The van der Waals surface area contributed by atoms with Gasteiger partial charge in [-0.2, -0.15) is 0 Å². The third kappa shape index (κ3) is 4.72. The zero-order valence-corrected chi connectivity index (χ0v) is 30.5. The molecule has 6 saturated carbocycles. The fraction of sp³-hybridized carbons (Fsp3) is 0.400. The van der Waals surface area contributed by atoms with Crippen molar-refractivity contribution in [3.8, 4) is 22.3 Å². The molecule has 51 heavy (non-hydrogen) atoms. The molecule has 0 heterocycles. The molecule has 7 aliphatic rings. The molecule has 6 fully saturated rings. The second-order valence-electron chi connectivity index (χ2n) is 18.4. The minimum absolute atomic E-state index is 0.0921. The largest absolute Gasteiger partial charge is 0.310 e. The molecule has 0 radical (unpaired) electrons. The fourth-order valence-corrected chi connectivity index (χ4v) is 13.2. The van der Waals surface area contributed by atoms with Crippen LogP contribution in [0.25, 0.3) is 22.3 Å². The third-order valence-electron chi connectivity index (χ3n) is 15.1. The summed E-state index contributed by atoms with van der Waals surface area (Å²) in [4.78, 5) is 2.55. The Hall–Kier alpha value is -4.10. The quantitative estimate of drug-likeness (QED) is 0.174. The molecular formula is C50H51N. The van der Waals surface area contributed by atoms with Crippen molar-refractivity contribution in [2.45, 2.75) is 94.8 Å². The van der Waals surface area contributed by atoms with Crippen LogP contribution in [0.3, 0.4) is 0 Å². The first-order valence-corrected chi connectivity index (χ1v) is 20.3. The van der Waals surface area contributed by atoms with E-state index in [4.69, 9.17) is 0 Å². The maximum atomic E-state index is 2.55. The molecule has 0 aromatic heterocycles. The van der Waals surface area contributed by atoms with Crippen LogP contribution in [-0.4, -0.2) is 0 Å². The highest BCUT2D eigenvalue weighted by Crippen LogP contribution is 2.61. The molecule has 7 aliphatic carbocycles. The maximum absolute atomic E-state index is 2.55. The molecule has 0 amide bonds. The van der Waals surface area contributed by atoms with Gasteiger partial charge in [0.25, 0.3) is 0 Å². The van der Waals surface area contributed by atoms with Crippen LogP contribution in [0.2, 0.25) is 0 Å². The highest BCUT2D eigenvalue weighted by molar-refractivity contribution is 5.94. The molecule has 256 valence electrons. The van der Waals surface area contributed by atoms with E-state index in [-0.39, 0.29) is 5.41 Å². The van der Waals surface area contributed by atoms with Gasteiger partial charge < -0.3 is 4.90 Å². The summed E-state index contributed by atoms with van der Waals surface area (Å²) in [7, 11) is 0. The highest BCUT2D eigenvalue weighted by atomic mass is 15.1. The molecule has 3 unspecified atom stereocenters. The molecule has 1 heteroatoms. The fourth-order valence-electron chi connectivity index (χ4n) is 13.2. The number of hydrogen-bond acceptors (Lipinski definition) is 1. The number of fused-ring (bicyclic) bond motifs is 5. The van der Waals surface area contributed by atoms with Gasteiger partial charge in [0.05, 0.1) is 0 Å². The van der Waals surface area contributed by atoms with Crippen LogP contribution in [-0.2, 0) is 10.8 Å². The van der Waals surface area contributed by atoms with E-state index in [1.54, 1.807) is 11.1 Å². The van der Waals surface area contributed by atoms with Crippen molar-refractivity contribution in [3.05, 3.63) is 138 Å². The lowest BCUT2D eigenvalue weighted by Gasteiger charge is -2.57. The van der Waals surface area contributed by atoms with Gasteiger partial charge in [-0.15, -0.1) is 0 Å². The standard InChI is InChI=1S/C50H51N/c1-49(2)46-10-6-9-43(36-7-4-3-5-8-36)48(46)44-22-21-42(28-47(44)49)51(40-17-13-37(14-18-40)45-27-32-11-12-38(45)26-32)41-19-15-39(16-20-41)50-29-33-23-34(30-50)25-35(24-33)31-50/h3-10,13-22,28,32-35,38,45H,11-12,23-27,29-31H2,1-2H3. The van der Waals surface area contributed by atoms with Crippen molar-refractivity contribution in [2.75, 3.05) is 4.90 Å². The smallest absolute Gasteiger partial charge is 0.0465 e. The lowest BCUT2D eigenvalue weighted by molar-refractivity contribution is -0.00518. The lowest BCUT2D eigenvalue weighted by atomic mass is 9.48. The first kappa shape index (κ1) is 30.5. The Morgan fingerprint density at radius 3 is 1.84 bits per heavy atom. The minimum atomic E-state index is -0.0921. The molecular weight excluding hydrogens is 615 g/mol. The Labute approximate surface area is 305 Å². The van der Waals surface area contributed by atoms with Crippen LogP contribution in [0.4, 0.5) is 17.1 Å². The molecule has 6 bridgehead atoms. The van der Waals surface area contributed by atoms with E-state index in [1.807, 2.05) is 0 Å². The van der Waals surface area contributed by atoms with Crippen LogP contribution in [0, 0.1) is 29.6 Å². The Balaban J connectivity index is 1.00. The van der Waals surface area contributed by atoms with Gasteiger partial charge in [-0.3, -0.25) is 0 Å². The monoisotopic (exact) mass is 665 g/mol. The summed E-state index contributed by atoms with van der Waals surface area (Å²) in [5.74, 6) is 5.50. The molecule has 12 rings (SSSR count). The summed E-state index contributed by atoms with van der Waals surface area (Å²) in [6.45, 7) is 4.84. The predicted molar refractivity (Wildman–Crippen MR) is 212 cm³/mol. The average Bonchev–Trinajstić information content (AvgIpc) is 3.85. The predicted octanol–water partition coefficient (Wildman–Crippen LogP) is 13.5. The summed E-state index contributed by atoms with van der Waals surface area (Å²) >= 11 is 0. The van der Waals surface area contributed by atoms with Gasteiger partial charge in [-0.25, -0.2) is 0 Å². The molecule has 5 aromatic carbocycles. The minimum Gasteiger partial charge on any atom is -0.310 e. The van der Waals surface area contributed by atoms with E-state index in [0.717, 1.165) is 35.5 Å². The van der Waals surface area contributed by atoms with E-state index >= 15 is 0 Å². The Bertz CT molecular complexity index is 2080. The maximum Gasteiger partial charge on any atom is 0.0465 e. The van der Waals surface area contributed by atoms with Crippen LogP contribution >= 0.6 is 0 Å². The first-order chi connectivity index (χ1) is 24.9. The first-order valence-electron chi connectivity index (χ1n) is 20.3. The van der Waals surface area contributed by atoms with Crippen molar-refractivity contribution >= 4 is 17.1 Å². The number of anilines is 3. The normalized spacial score (nSPS) is 30.4. The van der Waals surface area contributed by atoms with Gasteiger partial charge >= 0.3 is 0 Å². The van der Waals surface area contributed by atoms with Crippen LogP contribution in [0.15, 0.2) is 115 Å². The van der Waals surface area contributed by atoms with Crippen molar-refractivity contribution in [1.82, 2.24) is 0 Å². The van der Waals surface area contributed by atoms with E-state index in [9.17, 15) is 0 Å². The number of benzene rings is 5. The second kappa shape index (κ2) is 11.2. The van der Waals surface area contributed by atoms with Gasteiger partial charge in [0.1, 0.15) is 0 Å². The Morgan fingerprint density at radius 2 is 1.20 bits per heavy atom. The van der Waals surface area contributed by atoms with Crippen molar-refractivity contribution in [3.63, 3.8) is 0 Å². The molecule has 0 aliphatic heterocycles. The summed E-state index contributed by atoms with van der Waals surface area (Å²) in [5, 5.41) is 0. The molecule has 1 nitrogen and oxygen atoms in total. The van der Waals surface area contributed by atoms with Gasteiger partial charge in [0.2, 0.25) is 0 Å². The topological polar surface area (TPSA) is 3.24 Å². The van der Waals surface area contributed by atoms with Crippen molar-refractivity contribution < 1.29 is 0 Å². The van der Waals surface area contributed by atoms with Crippen molar-refractivity contribution in [1.29, 1.82) is 0 Å². The summed E-state index contributed by atoms with van der Waals surface area (Å²) in [6, 6.07) is 44.9. The van der Waals surface area contributed by atoms with Gasteiger partial charge in [0.15, 0.2) is 0 Å². The Morgan fingerprint density at radius 1 is 0.529 bits per heavy atom. The molecule has 0 saturated heterocycles. The number of rotatable bonds is 6. The highest BCUT2D eigenvalue weighted by Gasteiger charge is 2.51. The van der Waals surface area contributed by atoms with Crippen LogP contribution < -0.4 is 4.90 Å². The van der Waals surface area contributed by atoms with Gasteiger partial charge in [0, 0.05) is 22.5 Å². The van der Waals surface area contributed by atoms with E-state index in [2.05, 4.69) is 134 Å². The summed E-state index contributed by atoms with van der Waals surface area (Å²) in [5.41, 5.74) is 15.5. The molecule has 0 N–H and O–H groups in total. The van der Waals surface area contributed by atoms with Gasteiger partial charge in [-0.1, -0.05) is 99.1 Å². The number of hydrogen-bond donors (Lipinski definition) is 0. The number of nitrogens with zero attached hydrogens (tertiary/aromatic N) is 1. The zero-order chi connectivity index (χ0) is 33.9. The van der Waals surface area contributed by atoms with Crippen LogP contribution in [0.1, 0.15) is 106 Å². The molecule has 0 spiro atoms. The SMILES string of the molecule is CC1(C)c2cc(N(c3ccc(C4CC5CCC4C5)cc3)c3ccc(C45CC6CC(CC(C6)C4)C5)cc3)ccc2-c2c(-c3ccccc3)cccc21.